The molecule has 11 nitrogen and oxygen atoms in total. The largest absolute Gasteiger partial charge is 0.497 e. The molecule has 0 spiro atoms. The van der Waals surface area contributed by atoms with Gasteiger partial charge in [0.2, 0.25) is 17.5 Å². The van der Waals surface area contributed by atoms with Crippen LogP contribution in [0.3, 0.4) is 0 Å². The van der Waals surface area contributed by atoms with Gasteiger partial charge >= 0.3 is 5.69 Å². The Bertz CT molecular complexity index is 1280. The van der Waals surface area contributed by atoms with Crippen LogP contribution in [0.4, 0.5) is 22.5 Å². The summed E-state index contributed by atoms with van der Waals surface area (Å²) in [5.41, 5.74) is 6.03. The predicted molar refractivity (Wildman–Crippen MR) is 120 cm³/mol. The Kier molecular flexibility index (Phi) is 6.03. The van der Waals surface area contributed by atoms with Crippen molar-refractivity contribution in [3.05, 3.63) is 70.5 Å². The minimum Gasteiger partial charge on any atom is -0.497 e. The quantitative estimate of drug-likeness (QED) is 0.271. The lowest BCUT2D eigenvalue weighted by Gasteiger charge is -2.10. The van der Waals surface area contributed by atoms with Gasteiger partial charge in [0.25, 0.3) is 0 Å². The van der Waals surface area contributed by atoms with E-state index in [0.717, 1.165) is 16.6 Å². The van der Waals surface area contributed by atoms with Crippen molar-refractivity contribution in [2.75, 3.05) is 17.9 Å². The Morgan fingerprint density at radius 2 is 1.94 bits per heavy atom. The highest BCUT2D eigenvalue weighted by Crippen LogP contribution is 2.34. The summed E-state index contributed by atoms with van der Waals surface area (Å²) in [6, 6.07) is 14.5. The number of ether oxygens (including phenoxy) is 1. The molecule has 0 aliphatic rings. The van der Waals surface area contributed by atoms with Crippen molar-refractivity contribution in [2.45, 2.75) is 6.42 Å². The Labute approximate surface area is 185 Å². The van der Waals surface area contributed by atoms with E-state index < -0.39 is 10.6 Å². The average molecular weight is 451 g/mol. The SMILES string of the molecule is COc1ccc2nc(Nc3ncnc(NNC(=O)Cc4ccccc4)c3[N+](=O)[O-])sc2c1. The normalized spacial score (nSPS) is 10.5. The van der Waals surface area contributed by atoms with Crippen molar-refractivity contribution in [1.82, 2.24) is 20.4 Å². The second-order valence-electron chi connectivity index (χ2n) is 6.49. The summed E-state index contributed by atoms with van der Waals surface area (Å²) in [6.45, 7) is 0. The number of hydrogen-bond acceptors (Lipinski definition) is 10. The van der Waals surface area contributed by atoms with Gasteiger partial charge in [-0.25, -0.2) is 15.0 Å². The maximum atomic E-state index is 12.2. The molecule has 0 aliphatic carbocycles. The van der Waals surface area contributed by atoms with Gasteiger partial charge in [0, 0.05) is 0 Å². The topological polar surface area (TPSA) is 144 Å². The third kappa shape index (κ3) is 4.70. The van der Waals surface area contributed by atoms with Gasteiger partial charge in [0.05, 0.1) is 28.7 Å². The number of aromatic nitrogens is 3. The minimum absolute atomic E-state index is 0.0594. The zero-order valence-electron chi connectivity index (χ0n) is 16.7. The van der Waals surface area contributed by atoms with Crippen LogP contribution < -0.4 is 20.9 Å². The zero-order chi connectivity index (χ0) is 22.5. The predicted octanol–water partition coefficient (Wildman–Crippen LogP) is 3.43. The van der Waals surface area contributed by atoms with Crippen LogP contribution in [0.1, 0.15) is 5.56 Å². The molecule has 2 heterocycles. The van der Waals surface area contributed by atoms with E-state index in [1.165, 1.54) is 11.3 Å². The number of hydrogen-bond donors (Lipinski definition) is 3. The number of hydrazine groups is 1. The molecule has 0 saturated heterocycles. The van der Waals surface area contributed by atoms with Gasteiger partial charge in [-0.15, -0.1) is 0 Å². The van der Waals surface area contributed by atoms with Crippen LogP contribution in [0.25, 0.3) is 10.2 Å². The number of nitrogens with zero attached hydrogens (tertiary/aromatic N) is 4. The van der Waals surface area contributed by atoms with Gasteiger partial charge in [0.15, 0.2) is 5.13 Å². The molecule has 0 saturated carbocycles. The molecular formula is C20H17N7O4S. The van der Waals surface area contributed by atoms with Crippen molar-refractivity contribution < 1.29 is 14.5 Å². The van der Waals surface area contributed by atoms with E-state index in [1.54, 1.807) is 19.2 Å². The summed E-state index contributed by atoms with van der Waals surface area (Å²) in [5.74, 6) is 0.0877. The summed E-state index contributed by atoms with van der Waals surface area (Å²) in [5, 5.41) is 15.0. The summed E-state index contributed by atoms with van der Waals surface area (Å²) in [7, 11) is 1.57. The van der Waals surface area contributed by atoms with Gasteiger partial charge in [-0.2, -0.15) is 0 Å². The molecule has 4 rings (SSSR count). The maximum absolute atomic E-state index is 12.2. The lowest BCUT2D eigenvalue weighted by atomic mass is 10.1. The van der Waals surface area contributed by atoms with Crippen LogP contribution in [0, 0.1) is 10.1 Å². The van der Waals surface area contributed by atoms with Crippen molar-refractivity contribution in [3.8, 4) is 5.75 Å². The Morgan fingerprint density at radius 3 is 2.69 bits per heavy atom. The third-order valence-corrected chi connectivity index (χ3v) is 5.29. The maximum Gasteiger partial charge on any atom is 0.355 e. The number of anilines is 3. The fourth-order valence-electron chi connectivity index (χ4n) is 2.88. The molecule has 4 aromatic rings. The zero-order valence-corrected chi connectivity index (χ0v) is 17.5. The molecule has 162 valence electrons. The highest BCUT2D eigenvalue weighted by molar-refractivity contribution is 7.22. The fraction of sp³-hybridized carbons (Fsp3) is 0.100. The first-order valence-corrected chi connectivity index (χ1v) is 10.1. The summed E-state index contributed by atoms with van der Waals surface area (Å²) >= 11 is 1.29. The van der Waals surface area contributed by atoms with Gasteiger partial charge in [-0.05, 0) is 23.8 Å². The molecular weight excluding hydrogens is 434 g/mol. The van der Waals surface area contributed by atoms with Gasteiger partial charge < -0.3 is 10.1 Å². The molecule has 2 aromatic carbocycles. The van der Waals surface area contributed by atoms with Gasteiger partial charge in [-0.3, -0.25) is 25.8 Å². The number of benzene rings is 2. The third-order valence-electron chi connectivity index (χ3n) is 4.35. The number of methoxy groups -OCH3 is 1. The van der Waals surface area contributed by atoms with Crippen LogP contribution in [-0.4, -0.2) is 32.9 Å². The molecule has 0 radical (unpaired) electrons. The molecule has 12 heteroatoms. The number of fused-ring (bicyclic) bond motifs is 1. The lowest BCUT2D eigenvalue weighted by molar-refractivity contribution is -0.383. The average Bonchev–Trinajstić information content (AvgIpc) is 3.19. The molecule has 0 atom stereocenters. The Hall–Kier alpha value is -4.32. The molecule has 32 heavy (non-hydrogen) atoms. The number of nitro groups is 1. The molecule has 0 unspecified atom stereocenters. The van der Waals surface area contributed by atoms with Crippen molar-refractivity contribution >= 4 is 49.9 Å². The second kappa shape index (κ2) is 9.22. The Morgan fingerprint density at radius 1 is 1.16 bits per heavy atom. The van der Waals surface area contributed by atoms with Crippen LogP contribution in [0.15, 0.2) is 54.9 Å². The van der Waals surface area contributed by atoms with E-state index in [9.17, 15) is 14.9 Å². The number of carbonyl (C=O) groups excluding carboxylic acids is 1. The number of nitrogens with one attached hydrogen (secondary N) is 3. The molecule has 3 N–H and O–H groups in total. The number of carbonyl (C=O) groups is 1. The molecule has 0 fully saturated rings. The smallest absolute Gasteiger partial charge is 0.355 e. The first kappa shape index (κ1) is 20.9. The molecule has 1 amide bonds. The molecule has 0 bridgehead atoms. The highest BCUT2D eigenvalue weighted by Gasteiger charge is 2.24. The van der Waals surface area contributed by atoms with Crippen LogP contribution >= 0.6 is 11.3 Å². The summed E-state index contributed by atoms with van der Waals surface area (Å²) in [6.07, 6.45) is 1.25. The van der Waals surface area contributed by atoms with E-state index in [1.807, 2.05) is 36.4 Å². The van der Waals surface area contributed by atoms with E-state index in [0.29, 0.717) is 16.4 Å². The standard InChI is InChI=1S/C20H17N7O4S/c1-31-13-7-8-14-15(10-13)32-20(23-14)24-18-17(27(29)30)19(22-11-21-18)26-25-16(28)9-12-5-3-2-4-6-12/h2-8,10-11H,9H2,1H3,(H,25,28)(H2,21,22,23,24,26). The number of thiazole rings is 1. The first-order valence-electron chi connectivity index (χ1n) is 9.33. The first-order chi connectivity index (χ1) is 15.5. The molecule has 2 aromatic heterocycles. The van der Waals surface area contributed by atoms with Crippen LogP contribution in [0.5, 0.6) is 5.75 Å². The monoisotopic (exact) mass is 451 g/mol. The Balaban J connectivity index is 1.53. The molecule has 0 aliphatic heterocycles. The van der Waals surface area contributed by atoms with E-state index in [4.69, 9.17) is 4.74 Å². The van der Waals surface area contributed by atoms with Gasteiger partial charge in [-0.1, -0.05) is 41.7 Å². The van der Waals surface area contributed by atoms with E-state index >= 15 is 0 Å². The van der Waals surface area contributed by atoms with Crippen molar-refractivity contribution in [1.29, 1.82) is 0 Å². The summed E-state index contributed by atoms with van der Waals surface area (Å²) in [4.78, 5) is 35.6. The lowest BCUT2D eigenvalue weighted by Crippen LogP contribution is -2.31. The van der Waals surface area contributed by atoms with E-state index in [2.05, 4.69) is 31.1 Å². The highest BCUT2D eigenvalue weighted by atomic mass is 32.1. The van der Waals surface area contributed by atoms with Crippen molar-refractivity contribution in [3.63, 3.8) is 0 Å². The van der Waals surface area contributed by atoms with Gasteiger partial charge in [0.1, 0.15) is 12.1 Å². The van der Waals surface area contributed by atoms with Crippen LogP contribution in [0.2, 0.25) is 0 Å². The number of amides is 1. The van der Waals surface area contributed by atoms with Crippen molar-refractivity contribution in [2.24, 2.45) is 0 Å². The van der Waals surface area contributed by atoms with Crippen LogP contribution in [-0.2, 0) is 11.2 Å². The van der Waals surface area contributed by atoms with E-state index in [-0.39, 0.29) is 24.0 Å². The number of rotatable bonds is 8. The minimum atomic E-state index is -0.635. The fourth-order valence-corrected chi connectivity index (χ4v) is 3.77. The summed E-state index contributed by atoms with van der Waals surface area (Å²) < 4.78 is 6.05. The second-order valence-corrected chi connectivity index (χ2v) is 7.52.